The Hall–Kier alpha value is -6.04. The lowest BCUT2D eigenvalue weighted by Crippen LogP contribution is -2.38. The standard InChI is InChI=1S/C30H35BrN12O5/c1-16(31)26(45)39-20-10-24(43(4)14-20)28(47)38-18-7-17(36-12-18)11-25(44)37-19-8-23(42(3)13-19)29(48)40-21-9-22(41(2)15-21)27(46)34-5-6-35-30(32)33/h7-10,12-15,36H,1,5-6,11H2,2-4H3,(H,34,46)(H,37,44)(H,38,47)(H,39,45)(H,40,48)(H4,32,33,35). The average Bonchev–Trinajstić information content (AvgIpc) is 3.78. The number of nitrogens with one attached hydrogen (secondary N) is 8. The van der Waals surface area contributed by atoms with Crippen molar-refractivity contribution in [2.45, 2.75) is 6.42 Å². The average molecular weight is 724 g/mol. The summed E-state index contributed by atoms with van der Waals surface area (Å²) < 4.78 is 4.84. The van der Waals surface area contributed by atoms with Crippen LogP contribution in [0.15, 0.2) is 60.1 Å². The van der Waals surface area contributed by atoms with E-state index in [1.54, 1.807) is 65.7 Å². The Bertz CT molecular complexity index is 1910. The van der Waals surface area contributed by atoms with Crippen molar-refractivity contribution in [2.75, 3.05) is 34.4 Å². The predicted molar refractivity (Wildman–Crippen MR) is 184 cm³/mol. The highest BCUT2D eigenvalue weighted by molar-refractivity contribution is 9.12. The number of H-pyrrole nitrogens is 1. The summed E-state index contributed by atoms with van der Waals surface area (Å²) in [5.41, 5.74) is 8.30. The van der Waals surface area contributed by atoms with Gasteiger partial charge < -0.3 is 56.3 Å². The van der Waals surface area contributed by atoms with Crippen molar-refractivity contribution < 1.29 is 24.0 Å². The number of carbonyl (C=O) groups is 5. The summed E-state index contributed by atoms with van der Waals surface area (Å²) in [6, 6.07) is 6.20. The second kappa shape index (κ2) is 15.0. The minimum atomic E-state index is -0.452. The number of rotatable bonds is 13. The summed E-state index contributed by atoms with van der Waals surface area (Å²) in [7, 11) is 4.99. The molecule has 0 aliphatic heterocycles. The molecule has 17 nitrogen and oxygen atoms in total. The highest BCUT2D eigenvalue weighted by Crippen LogP contribution is 2.20. The van der Waals surface area contributed by atoms with Crippen LogP contribution < -0.4 is 37.6 Å². The van der Waals surface area contributed by atoms with Gasteiger partial charge in [0.15, 0.2) is 5.96 Å². The summed E-state index contributed by atoms with van der Waals surface area (Å²) in [5, 5.41) is 23.3. The molecule has 10 N–H and O–H groups in total. The molecule has 0 aliphatic rings. The SMILES string of the molecule is C=C(Br)C(=O)Nc1cc(C(=O)Nc2c[nH]c(CC(=O)Nc3cc(C(=O)Nc4cc(C(=O)NCCNC(=N)N)n(C)c4)n(C)c3)c2)n(C)c1. The molecule has 4 heterocycles. The number of aryl methyl sites for hydroxylation is 3. The molecule has 0 radical (unpaired) electrons. The number of anilines is 4. The van der Waals surface area contributed by atoms with Gasteiger partial charge in [0.1, 0.15) is 17.1 Å². The van der Waals surface area contributed by atoms with Crippen LogP contribution in [0.2, 0.25) is 0 Å². The quantitative estimate of drug-likeness (QED) is 0.0429. The molecule has 48 heavy (non-hydrogen) atoms. The molecule has 0 fully saturated rings. The van der Waals surface area contributed by atoms with Crippen molar-refractivity contribution in [3.8, 4) is 0 Å². The van der Waals surface area contributed by atoms with E-state index in [0.717, 1.165) is 0 Å². The van der Waals surface area contributed by atoms with Crippen molar-refractivity contribution in [3.63, 3.8) is 0 Å². The molecule has 5 amide bonds. The number of guanidine groups is 1. The lowest BCUT2D eigenvalue weighted by atomic mass is 10.3. The molecule has 0 atom stereocenters. The van der Waals surface area contributed by atoms with Crippen molar-refractivity contribution in [3.05, 3.63) is 82.9 Å². The molecular formula is C30H35BrN12O5. The molecule has 0 saturated carbocycles. The molecule has 0 aromatic carbocycles. The van der Waals surface area contributed by atoms with Crippen molar-refractivity contribution in [1.82, 2.24) is 29.3 Å². The van der Waals surface area contributed by atoms with Crippen molar-refractivity contribution >= 4 is 74.2 Å². The predicted octanol–water partition coefficient (Wildman–Crippen LogP) is 1.78. The number of carbonyl (C=O) groups excluding carboxylic acids is 5. The van der Waals surface area contributed by atoms with Gasteiger partial charge in [-0.2, -0.15) is 0 Å². The molecule has 0 unspecified atom stereocenters. The van der Waals surface area contributed by atoms with E-state index in [9.17, 15) is 24.0 Å². The van der Waals surface area contributed by atoms with Gasteiger partial charge in [-0.15, -0.1) is 0 Å². The fourth-order valence-electron chi connectivity index (χ4n) is 4.62. The van der Waals surface area contributed by atoms with Gasteiger partial charge >= 0.3 is 0 Å². The van der Waals surface area contributed by atoms with Crippen LogP contribution in [0, 0.1) is 5.41 Å². The van der Waals surface area contributed by atoms with Crippen LogP contribution in [0.4, 0.5) is 22.7 Å². The Kier molecular flexibility index (Phi) is 10.9. The number of nitrogens with zero attached hydrogens (tertiary/aromatic N) is 3. The smallest absolute Gasteiger partial charge is 0.272 e. The first-order valence-corrected chi connectivity index (χ1v) is 15.1. The van der Waals surface area contributed by atoms with E-state index in [0.29, 0.717) is 46.4 Å². The number of aromatic amines is 1. The third kappa shape index (κ3) is 9.03. The van der Waals surface area contributed by atoms with E-state index < -0.39 is 17.7 Å². The molecule has 4 aromatic heterocycles. The third-order valence-electron chi connectivity index (χ3n) is 6.84. The first-order valence-electron chi connectivity index (χ1n) is 14.3. The second-order valence-corrected chi connectivity index (χ2v) is 11.6. The van der Waals surface area contributed by atoms with Gasteiger partial charge in [-0.3, -0.25) is 29.4 Å². The first kappa shape index (κ1) is 34.8. The normalized spacial score (nSPS) is 10.6. The summed E-state index contributed by atoms with van der Waals surface area (Å²) in [6.07, 6.45) is 6.29. The maximum Gasteiger partial charge on any atom is 0.272 e. The molecule has 252 valence electrons. The Labute approximate surface area is 282 Å². The highest BCUT2D eigenvalue weighted by Gasteiger charge is 2.18. The van der Waals surface area contributed by atoms with Gasteiger partial charge in [0, 0.05) is 64.7 Å². The molecule has 4 aromatic rings. The minimum absolute atomic E-state index is 0.0390. The maximum absolute atomic E-state index is 13.0. The van der Waals surface area contributed by atoms with Crippen LogP contribution in [0.5, 0.6) is 0 Å². The number of halogens is 1. The van der Waals surface area contributed by atoms with E-state index in [1.165, 1.54) is 18.2 Å². The molecule has 18 heteroatoms. The second-order valence-electron chi connectivity index (χ2n) is 10.7. The lowest BCUT2D eigenvalue weighted by Gasteiger charge is -2.06. The van der Waals surface area contributed by atoms with Crippen LogP contribution in [-0.2, 0) is 37.2 Å². The lowest BCUT2D eigenvalue weighted by molar-refractivity contribution is -0.115. The van der Waals surface area contributed by atoms with Crippen LogP contribution in [-0.4, -0.2) is 67.3 Å². The number of amides is 5. The zero-order valence-electron chi connectivity index (χ0n) is 26.3. The van der Waals surface area contributed by atoms with Gasteiger partial charge in [0.05, 0.1) is 33.7 Å². The first-order chi connectivity index (χ1) is 22.7. The van der Waals surface area contributed by atoms with E-state index in [2.05, 4.69) is 59.4 Å². The Morgan fingerprint density at radius 2 is 1.23 bits per heavy atom. The molecule has 4 rings (SSSR count). The molecule has 0 aliphatic carbocycles. The van der Waals surface area contributed by atoms with Crippen LogP contribution in [0.3, 0.4) is 0 Å². The van der Waals surface area contributed by atoms with E-state index in [1.807, 2.05) is 0 Å². The van der Waals surface area contributed by atoms with Gasteiger partial charge in [-0.05, 0) is 40.2 Å². The molecule has 0 spiro atoms. The minimum Gasteiger partial charge on any atom is -0.370 e. The molecule has 0 bridgehead atoms. The van der Waals surface area contributed by atoms with Crippen LogP contribution in [0.25, 0.3) is 0 Å². The number of aromatic nitrogens is 4. The van der Waals surface area contributed by atoms with Crippen molar-refractivity contribution in [2.24, 2.45) is 26.9 Å². The fourth-order valence-corrected chi connectivity index (χ4v) is 4.72. The Balaban J connectivity index is 1.30. The number of hydrogen-bond acceptors (Lipinski definition) is 6. The monoisotopic (exact) mass is 722 g/mol. The number of hydrogen-bond donors (Lipinski definition) is 9. The summed E-state index contributed by atoms with van der Waals surface area (Å²) >= 11 is 3.01. The summed E-state index contributed by atoms with van der Waals surface area (Å²) in [5.74, 6) is -2.22. The van der Waals surface area contributed by atoms with Gasteiger partial charge in [-0.1, -0.05) is 6.58 Å². The highest BCUT2D eigenvalue weighted by atomic mass is 79.9. The van der Waals surface area contributed by atoms with Gasteiger partial charge in [0.2, 0.25) is 5.91 Å². The topological polar surface area (TPSA) is 238 Å². The van der Waals surface area contributed by atoms with Gasteiger partial charge in [0.25, 0.3) is 23.6 Å². The van der Waals surface area contributed by atoms with Crippen molar-refractivity contribution in [1.29, 1.82) is 5.41 Å². The Morgan fingerprint density at radius 1 is 0.750 bits per heavy atom. The maximum atomic E-state index is 13.0. The fraction of sp³-hybridized carbons (Fsp3) is 0.200. The largest absolute Gasteiger partial charge is 0.370 e. The van der Waals surface area contributed by atoms with Crippen LogP contribution >= 0.6 is 15.9 Å². The van der Waals surface area contributed by atoms with E-state index >= 15 is 0 Å². The summed E-state index contributed by atoms with van der Waals surface area (Å²) in [6.45, 7) is 4.05. The summed E-state index contributed by atoms with van der Waals surface area (Å²) in [4.78, 5) is 66.0. The Morgan fingerprint density at radius 3 is 1.77 bits per heavy atom. The third-order valence-corrected chi connectivity index (χ3v) is 7.20. The zero-order valence-corrected chi connectivity index (χ0v) is 27.9. The molecular weight excluding hydrogens is 688 g/mol. The van der Waals surface area contributed by atoms with Gasteiger partial charge in [-0.25, -0.2) is 0 Å². The zero-order chi connectivity index (χ0) is 35.1. The van der Waals surface area contributed by atoms with E-state index in [-0.39, 0.29) is 40.9 Å². The van der Waals surface area contributed by atoms with E-state index in [4.69, 9.17) is 11.1 Å². The number of nitrogens with two attached hydrogens (primary N) is 1. The van der Waals surface area contributed by atoms with Crippen LogP contribution in [0.1, 0.15) is 37.2 Å². The molecule has 0 saturated heterocycles.